The minimum atomic E-state index is -0.655. The summed E-state index contributed by atoms with van der Waals surface area (Å²) in [6.45, 7) is 1.45. The number of ether oxygens (including phenoxy) is 1. The van der Waals surface area contributed by atoms with E-state index in [4.69, 9.17) is 16.3 Å². The van der Waals surface area contributed by atoms with Crippen LogP contribution in [0, 0.1) is 0 Å². The summed E-state index contributed by atoms with van der Waals surface area (Å²) >= 11 is 10.2. The lowest BCUT2D eigenvalue weighted by atomic mass is 10.1. The van der Waals surface area contributed by atoms with Gasteiger partial charge in [0, 0.05) is 0 Å². The molecule has 1 unspecified atom stereocenters. The van der Waals surface area contributed by atoms with Crippen LogP contribution in [0.25, 0.3) is 0 Å². The summed E-state index contributed by atoms with van der Waals surface area (Å²) in [5.74, 6) is 0.521. The topological polar surface area (TPSA) is 26.3 Å². The second-order valence-corrected chi connectivity index (χ2v) is 3.75. The van der Waals surface area contributed by atoms with Crippen LogP contribution in [0.15, 0.2) is 23.1 Å². The first kappa shape index (κ1) is 11.4. The first-order chi connectivity index (χ1) is 6.57. The van der Waals surface area contributed by atoms with Crippen molar-refractivity contribution in [3.63, 3.8) is 0 Å². The lowest BCUT2D eigenvalue weighted by Gasteiger charge is -2.11. The first-order valence-corrected chi connectivity index (χ1v) is 4.96. The van der Waals surface area contributed by atoms with Gasteiger partial charge in [-0.2, -0.15) is 0 Å². The Bertz CT molecular complexity index is 352. The fraction of sp³-hybridized carbons (Fsp3) is 0.300. The van der Waals surface area contributed by atoms with Crippen molar-refractivity contribution in [1.82, 2.24) is 0 Å². The lowest BCUT2D eigenvalue weighted by molar-refractivity contribution is -0.116. The quantitative estimate of drug-likeness (QED) is 0.639. The average Bonchev–Trinajstić information content (AvgIpc) is 2.17. The Morgan fingerprint density at radius 2 is 2.21 bits per heavy atom. The molecule has 0 radical (unpaired) electrons. The van der Waals surface area contributed by atoms with Crippen molar-refractivity contribution < 1.29 is 9.53 Å². The Morgan fingerprint density at radius 1 is 1.57 bits per heavy atom. The number of thiol groups is 1. The molecule has 76 valence electrons. The third-order valence-corrected chi connectivity index (χ3v) is 2.90. The van der Waals surface area contributed by atoms with E-state index < -0.39 is 5.38 Å². The molecule has 0 saturated carbocycles. The molecule has 4 heteroatoms. The van der Waals surface area contributed by atoms with Gasteiger partial charge in [-0.25, -0.2) is 0 Å². The molecule has 0 aromatic heterocycles. The molecule has 0 aliphatic carbocycles. The number of halogens is 1. The van der Waals surface area contributed by atoms with E-state index in [1.165, 1.54) is 6.92 Å². The highest BCUT2D eigenvalue weighted by molar-refractivity contribution is 7.80. The van der Waals surface area contributed by atoms with Crippen molar-refractivity contribution >= 4 is 30.0 Å². The van der Waals surface area contributed by atoms with Crippen LogP contribution in [0.1, 0.15) is 17.9 Å². The zero-order valence-corrected chi connectivity index (χ0v) is 9.60. The Morgan fingerprint density at radius 3 is 2.71 bits per heavy atom. The first-order valence-electron chi connectivity index (χ1n) is 4.08. The summed E-state index contributed by atoms with van der Waals surface area (Å²) in [6.07, 6.45) is 0. The van der Waals surface area contributed by atoms with Gasteiger partial charge < -0.3 is 4.74 Å². The molecule has 14 heavy (non-hydrogen) atoms. The highest BCUT2D eigenvalue weighted by Crippen LogP contribution is 2.33. The number of Topliss-reactive ketones (excluding diaryl/α,β-unsaturated/α-hetero) is 1. The number of hydrogen-bond donors (Lipinski definition) is 1. The lowest BCUT2D eigenvalue weighted by Crippen LogP contribution is -2.03. The predicted octanol–water partition coefficient (Wildman–Crippen LogP) is 2.85. The Balaban J connectivity index is 3.15. The second kappa shape index (κ2) is 4.71. The Hall–Kier alpha value is -0.670. The third-order valence-electron chi connectivity index (χ3n) is 1.88. The van der Waals surface area contributed by atoms with E-state index in [-0.39, 0.29) is 5.78 Å². The fourth-order valence-corrected chi connectivity index (χ4v) is 1.75. The number of carbonyl (C=O) groups excluding carboxylic acids is 1. The summed E-state index contributed by atoms with van der Waals surface area (Å²) in [5.41, 5.74) is 0.682. The Labute approximate surface area is 93.6 Å². The van der Waals surface area contributed by atoms with Crippen LogP contribution in [-0.4, -0.2) is 12.9 Å². The molecule has 0 N–H and O–H groups in total. The third kappa shape index (κ3) is 2.22. The van der Waals surface area contributed by atoms with E-state index in [1.807, 2.05) is 0 Å². The predicted molar refractivity (Wildman–Crippen MR) is 59.5 cm³/mol. The van der Waals surface area contributed by atoms with Crippen LogP contribution in [0.2, 0.25) is 0 Å². The van der Waals surface area contributed by atoms with Crippen LogP contribution < -0.4 is 4.74 Å². The van der Waals surface area contributed by atoms with Crippen LogP contribution in [0.4, 0.5) is 0 Å². The molecule has 1 atom stereocenters. The minimum absolute atomic E-state index is 0.102. The van der Waals surface area contributed by atoms with E-state index >= 15 is 0 Å². The van der Waals surface area contributed by atoms with Gasteiger partial charge in [-0.15, -0.1) is 24.2 Å². The number of hydrogen-bond acceptors (Lipinski definition) is 3. The number of alkyl halides is 1. The summed E-state index contributed by atoms with van der Waals surface area (Å²) in [4.78, 5) is 11.7. The molecular formula is C10H11ClO2S. The van der Waals surface area contributed by atoms with Crippen molar-refractivity contribution in [3.05, 3.63) is 23.8 Å². The summed E-state index contributed by atoms with van der Waals surface area (Å²) in [7, 11) is 1.55. The zero-order valence-electron chi connectivity index (χ0n) is 7.95. The zero-order chi connectivity index (χ0) is 10.7. The van der Waals surface area contributed by atoms with E-state index in [1.54, 1.807) is 25.3 Å². The molecule has 0 aliphatic rings. The van der Waals surface area contributed by atoms with Gasteiger partial charge in [0.25, 0.3) is 0 Å². The highest BCUT2D eigenvalue weighted by Gasteiger charge is 2.17. The second-order valence-electron chi connectivity index (χ2n) is 2.87. The number of carbonyl (C=O) groups is 1. The largest absolute Gasteiger partial charge is 0.496 e. The van der Waals surface area contributed by atoms with Gasteiger partial charge in [-0.3, -0.25) is 4.79 Å². The van der Waals surface area contributed by atoms with Gasteiger partial charge >= 0.3 is 0 Å². The van der Waals surface area contributed by atoms with E-state index in [0.29, 0.717) is 16.2 Å². The van der Waals surface area contributed by atoms with Crippen molar-refractivity contribution in [2.24, 2.45) is 0 Å². The molecule has 0 saturated heterocycles. The Kier molecular flexibility index (Phi) is 3.84. The standard InChI is InChI=1S/C10H11ClO2S/c1-6(12)9(11)7-4-3-5-8(13-2)10(7)14/h3-5,9,14H,1-2H3. The molecule has 0 aliphatic heterocycles. The molecule has 1 aromatic rings. The van der Waals surface area contributed by atoms with E-state index in [2.05, 4.69) is 12.6 Å². The van der Waals surface area contributed by atoms with Crippen molar-refractivity contribution in [3.8, 4) is 5.75 Å². The smallest absolute Gasteiger partial charge is 0.152 e. The summed E-state index contributed by atoms with van der Waals surface area (Å²) in [6, 6.07) is 5.33. The van der Waals surface area contributed by atoms with Crippen LogP contribution in [-0.2, 0) is 4.79 Å². The van der Waals surface area contributed by atoms with Crippen molar-refractivity contribution in [2.75, 3.05) is 7.11 Å². The van der Waals surface area contributed by atoms with Gasteiger partial charge in [0.05, 0.1) is 12.0 Å². The molecule has 0 amide bonds. The maximum atomic E-state index is 11.1. The SMILES string of the molecule is COc1cccc(C(Cl)C(C)=O)c1S. The maximum Gasteiger partial charge on any atom is 0.152 e. The fourth-order valence-electron chi connectivity index (χ4n) is 1.13. The number of methoxy groups -OCH3 is 1. The van der Waals surface area contributed by atoms with Crippen LogP contribution in [0.3, 0.4) is 0 Å². The average molecular weight is 231 g/mol. The number of rotatable bonds is 3. The molecule has 1 rings (SSSR count). The molecule has 2 nitrogen and oxygen atoms in total. The molecule has 0 heterocycles. The van der Waals surface area contributed by atoms with Crippen LogP contribution in [0.5, 0.6) is 5.75 Å². The summed E-state index contributed by atoms with van der Waals surface area (Å²) in [5, 5.41) is -0.655. The van der Waals surface area contributed by atoms with Crippen LogP contribution >= 0.6 is 24.2 Å². The minimum Gasteiger partial charge on any atom is -0.496 e. The van der Waals surface area contributed by atoms with Gasteiger partial charge in [-0.1, -0.05) is 12.1 Å². The number of benzene rings is 1. The van der Waals surface area contributed by atoms with Gasteiger partial charge in [0.2, 0.25) is 0 Å². The molecule has 1 aromatic carbocycles. The normalized spacial score (nSPS) is 12.3. The number of ketones is 1. The van der Waals surface area contributed by atoms with Crippen molar-refractivity contribution in [1.29, 1.82) is 0 Å². The summed E-state index contributed by atoms with van der Waals surface area (Å²) < 4.78 is 5.07. The highest BCUT2D eigenvalue weighted by atomic mass is 35.5. The van der Waals surface area contributed by atoms with E-state index in [9.17, 15) is 4.79 Å². The van der Waals surface area contributed by atoms with Gasteiger partial charge in [0.1, 0.15) is 11.1 Å². The molecule has 0 fully saturated rings. The molecule has 0 bridgehead atoms. The maximum absolute atomic E-state index is 11.1. The van der Waals surface area contributed by atoms with Crippen molar-refractivity contribution in [2.45, 2.75) is 17.2 Å². The van der Waals surface area contributed by atoms with Gasteiger partial charge in [0.15, 0.2) is 5.78 Å². The molecule has 0 spiro atoms. The monoisotopic (exact) mass is 230 g/mol. The van der Waals surface area contributed by atoms with Gasteiger partial charge in [-0.05, 0) is 18.6 Å². The molecular weight excluding hydrogens is 220 g/mol. The van der Waals surface area contributed by atoms with E-state index in [0.717, 1.165) is 0 Å².